The molecule has 2 atom stereocenters. The van der Waals surface area contributed by atoms with Crippen molar-refractivity contribution in [2.75, 3.05) is 0 Å². The van der Waals surface area contributed by atoms with Gasteiger partial charge >= 0.3 is 0 Å². The topological polar surface area (TPSA) is 0 Å². The summed E-state index contributed by atoms with van der Waals surface area (Å²) in [6, 6.07) is 39.7. The highest BCUT2D eigenvalue weighted by Crippen LogP contribution is 2.47. The van der Waals surface area contributed by atoms with Crippen LogP contribution >= 0.6 is 11.8 Å². The zero-order chi connectivity index (χ0) is 20.1. The first-order chi connectivity index (χ1) is 14.2. The predicted molar refractivity (Wildman–Crippen MR) is 127 cm³/mol. The number of hydrogen-bond acceptors (Lipinski definition) is 1. The van der Waals surface area contributed by atoms with Gasteiger partial charge in [-0.15, -0.1) is 11.8 Å². The summed E-state index contributed by atoms with van der Waals surface area (Å²) in [7, 11) is 0. The second-order valence-electron chi connectivity index (χ2n) is 7.54. The Balaban J connectivity index is 1.77. The van der Waals surface area contributed by atoms with Gasteiger partial charge in [-0.25, -0.2) is 0 Å². The molecule has 1 heteroatoms. The maximum atomic E-state index is 2.27. The Hall–Kier alpha value is -2.77. The van der Waals surface area contributed by atoms with Gasteiger partial charge in [0, 0.05) is 0 Å². The average molecular weight is 395 g/mol. The lowest BCUT2D eigenvalue weighted by Gasteiger charge is -2.25. The van der Waals surface area contributed by atoms with Gasteiger partial charge in [-0.2, -0.15) is 0 Å². The van der Waals surface area contributed by atoms with Gasteiger partial charge in [0.15, 0.2) is 0 Å². The zero-order valence-corrected chi connectivity index (χ0v) is 17.8. The van der Waals surface area contributed by atoms with Gasteiger partial charge in [-0.05, 0) is 36.1 Å². The van der Waals surface area contributed by atoms with Crippen molar-refractivity contribution in [3.8, 4) is 0 Å². The molecule has 29 heavy (non-hydrogen) atoms. The van der Waals surface area contributed by atoms with E-state index in [0.717, 1.165) is 0 Å². The van der Waals surface area contributed by atoms with Crippen molar-refractivity contribution >= 4 is 11.8 Å². The van der Waals surface area contributed by atoms with Crippen LogP contribution in [0, 0.1) is 13.8 Å². The molecule has 4 rings (SSSR count). The maximum Gasteiger partial charge on any atom is 0.0556 e. The molecule has 0 aliphatic rings. The average Bonchev–Trinajstić information content (AvgIpc) is 2.77. The fourth-order valence-corrected chi connectivity index (χ4v) is 5.10. The van der Waals surface area contributed by atoms with Crippen LogP contribution in [-0.2, 0) is 0 Å². The van der Waals surface area contributed by atoms with E-state index in [2.05, 4.69) is 123 Å². The standard InChI is InChI=1S/C28H26S/c1-21-13-17-25(18-14-21)27(23-9-5-3-6-10-23)29-28(24-11-7-4-8-12-24)26-19-15-22(2)16-20-26/h3-20,27-28H,1-2H3. The highest BCUT2D eigenvalue weighted by atomic mass is 32.2. The summed E-state index contributed by atoms with van der Waals surface area (Å²) in [6.07, 6.45) is 0. The largest absolute Gasteiger partial charge is 0.136 e. The molecule has 0 N–H and O–H groups in total. The lowest BCUT2D eigenvalue weighted by atomic mass is 10.0. The van der Waals surface area contributed by atoms with Crippen molar-refractivity contribution in [2.24, 2.45) is 0 Å². The molecule has 0 spiro atoms. The Bertz CT molecular complexity index is 932. The summed E-state index contributed by atoms with van der Waals surface area (Å²) in [5.74, 6) is 0. The van der Waals surface area contributed by atoms with Crippen LogP contribution in [0.5, 0.6) is 0 Å². The lowest BCUT2D eigenvalue weighted by molar-refractivity contribution is 1.09. The number of rotatable bonds is 6. The molecule has 0 fully saturated rings. The minimum Gasteiger partial charge on any atom is -0.136 e. The van der Waals surface area contributed by atoms with Crippen molar-refractivity contribution < 1.29 is 0 Å². The molecule has 144 valence electrons. The molecule has 0 aromatic heterocycles. The van der Waals surface area contributed by atoms with Crippen LogP contribution in [0.25, 0.3) is 0 Å². The lowest BCUT2D eigenvalue weighted by Crippen LogP contribution is -2.04. The Morgan fingerprint density at radius 1 is 0.414 bits per heavy atom. The van der Waals surface area contributed by atoms with Crippen LogP contribution < -0.4 is 0 Å². The zero-order valence-electron chi connectivity index (χ0n) is 17.0. The van der Waals surface area contributed by atoms with E-state index in [-0.39, 0.29) is 10.5 Å². The van der Waals surface area contributed by atoms with E-state index in [1.165, 1.54) is 33.4 Å². The fourth-order valence-electron chi connectivity index (χ4n) is 3.57. The second-order valence-corrected chi connectivity index (χ2v) is 8.75. The summed E-state index contributed by atoms with van der Waals surface area (Å²) < 4.78 is 0. The third kappa shape index (κ3) is 4.81. The van der Waals surface area contributed by atoms with E-state index in [4.69, 9.17) is 0 Å². The Labute approximate surface area is 178 Å². The molecule has 0 saturated carbocycles. The Kier molecular flexibility index (Phi) is 6.17. The van der Waals surface area contributed by atoms with E-state index < -0.39 is 0 Å². The number of aryl methyl sites for hydroxylation is 2. The smallest absolute Gasteiger partial charge is 0.0556 e. The molecule has 4 aromatic carbocycles. The molecular weight excluding hydrogens is 368 g/mol. The highest BCUT2D eigenvalue weighted by molar-refractivity contribution is 8.00. The highest BCUT2D eigenvalue weighted by Gasteiger charge is 2.23. The summed E-state index contributed by atoms with van der Waals surface area (Å²) in [5, 5.41) is 0.534. The van der Waals surface area contributed by atoms with Crippen molar-refractivity contribution in [1.82, 2.24) is 0 Å². The van der Waals surface area contributed by atoms with E-state index in [0.29, 0.717) is 0 Å². The number of benzene rings is 4. The van der Waals surface area contributed by atoms with Crippen LogP contribution in [0.15, 0.2) is 109 Å². The number of hydrogen-bond donors (Lipinski definition) is 0. The quantitative estimate of drug-likeness (QED) is 0.320. The molecular formula is C28H26S. The monoisotopic (exact) mass is 394 g/mol. The van der Waals surface area contributed by atoms with Crippen molar-refractivity contribution in [1.29, 1.82) is 0 Å². The summed E-state index contributed by atoms with van der Waals surface area (Å²) >= 11 is 2.01. The summed E-state index contributed by atoms with van der Waals surface area (Å²) in [4.78, 5) is 0. The predicted octanol–water partition coefficient (Wildman–Crippen LogP) is 7.92. The maximum absolute atomic E-state index is 2.27. The van der Waals surface area contributed by atoms with Gasteiger partial charge in [0.25, 0.3) is 0 Å². The van der Waals surface area contributed by atoms with Gasteiger partial charge < -0.3 is 0 Å². The third-order valence-corrected chi connectivity index (χ3v) is 6.87. The molecule has 0 aliphatic carbocycles. The van der Waals surface area contributed by atoms with E-state index in [9.17, 15) is 0 Å². The van der Waals surface area contributed by atoms with Crippen molar-refractivity contribution in [3.05, 3.63) is 143 Å². The van der Waals surface area contributed by atoms with Gasteiger partial charge in [-0.1, -0.05) is 120 Å². The van der Waals surface area contributed by atoms with Crippen molar-refractivity contribution in [3.63, 3.8) is 0 Å². The van der Waals surface area contributed by atoms with Crippen LogP contribution in [-0.4, -0.2) is 0 Å². The molecule has 2 unspecified atom stereocenters. The fraction of sp³-hybridized carbons (Fsp3) is 0.143. The first kappa shape index (κ1) is 19.5. The van der Waals surface area contributed by atoms with Crippen LogP contribution in [0.4, 0.5) is 0 Å². The first-order valence-electron chi connectivity index (χ1n) is 10.1. The van der Waals surface area contributed by atoms with Gasteiger partial charge in [0.1, 0.15) is 0 Å². The van der Waals surface area contributed by atoms with Gasteiger partial charge in [0.2, 0.25) is 0 Å². The molecule has 0 amide bonds. The summed E-state index contributed by atoms with van der Waals surface area (Å²) in [6.45, 7) is 4.29. The number of thioether (sulfide) groups is 1. The third-order valence-electron chi connectivity index (χ3n) is 5.24. The van der Waals surface area contributed by atoms with Crippen LogP contribution in [0.2, 0.25) is 0 Å². The first-order valence-corrected chi connectivity index (χ1v) is 11.0. The summed E-state index contributed by atoms with van der Waals surface area (Å²) in [5.41, 5.74) is 7.97. The van der Waals surface area contributed by atoms with Gasteiger partial charge in [0.05, 0.1) is 10.5 Å². The van der Waals surface area contributed by atoms with E-state index in [1.807, 2.05) is 11.8 Å². The van der Waals surface area contributed by atoms with Crippen molar-refractivity contribution in [2.45, 2.75) is 24.3 Å². The van der Waals surface area contributed by atoms with Gasteiger partial charge in [-0.3, -0.25) is 0 Å². The molecule has 0 saturated heterocycles. The minimum absolute atomic E-state index is 0.267. The SMILES string of the molecule is Cc1ccc(C(SC(c2ccccc2)c2ccc(C)cc2)c2ccccc2)cc1. The normalized spacial score (nSPS) is 13.0. The molecule has 0 nitrogen and oxygen atoms in total. The van der Waals surface area contributed by atoms with Crippen LogP contribution in [0.1, 0.15) is 43.9 Å². The molecule has 0 radical (unpaired) electrons. The second kappa shape index (κ2) is 9.15. The minimum atomic E-state index is 0.267. The van der Waals surface area contributed by atoms with E-state index in [1.54, 1.807) is 0 Å². The van der Waals surface area contributed by atoms with E-state index >= 15 is 0 Å². The molecule has 0 aliphatic heterocycles. The molecule has 0 heterocycles. The Morgan fingerprint density at radius 3 is 1.07 bits per heavy atom. The van der Waals surface area contributed by atoms with Crippen LogP contribution in [0.3, 0.4) is 0 Å². The molecule has 0 bridgehead atoms. The Morgan fingerprint density at radius 2 is 0.724 bits per heavy atom. The molecule has 4 aromatic rings.